The van der Waals surface area contributed by atoms with Gasteiger partial charge < -0.3 is 19.8 Å². The summed E-state index contributed by atoms with van der Waals surface area (Å²) in [5.74, 6) is -0.205. The van der Waals surface area contributed by atoms with E-state index in [-0.39, 0.29) is 24.2 Å². The Morgan fingerprint density at radius 2 is 1.75 bits per heavy atom. The molecule has 0 radical (unpaired) electrons. The molecule has 4 aromatic rings. The summed E-state index contributed by atoms with van der Waals surface area (Å²) in [6.07, 6.45) is 5.07. The topological polar surface area (TPSA) is 105 Å². The maximum atomic E-state index is 13.5. The van der Waals surface area contributed by atoms with E-state index in [9.17, 15) is 9.18 Å². The lowest BCUT2D eigenvalue weighted by atomic mass is 9.92. The average Bonchev–Trinajstić information content (AvgIpc) is 3.23. The Hall–Kier alpha value is -4.27. The van der Waals surface area contributed by atoms with E-state index in [2.05, 4.69) is 15.0 Å². The van der Waals surface area contributed by atoms with E-state index in [1.54, 1.807) is 30.6 Å². The van der Waals surface area contributed by atoms with Crippen molar-refractivity contribution in [1.82, 2.24) is 19.5 Å². The fraction of sp³-hybridized carbons (Fsp3) is 0.259. The van der Waals surface area contributed by atoms with E-state index in [0.717, 1.165) is 11.1 Å². The van der Waals surface area contributed by atoms with Gasteiger partial charge in [0.1, 0.15) is 17.2 Å². The van der Waals surface area contributed by atoms with Gasteiger partial charge in [0.15, 0.2) is 5.95 Å². The van der Waals surface area contributed by atoms with Gasteiger partial charge in [-0.3, -0.25) is 4.79 Å². The van der Waals surface area contributed by atoms with Gasteiger partial charge in [-0.25, -0.2) is 14.4 Å². The summed E-state index contributed by atoms with van der Waals surface area (Å²) >= 11 is 0. The van der Waals surface area contributed by atoms with Crippen molar-refractivity contribution in [2.75, 3.05) is 5.73 Å². The molecule has 0 spiro atoms. The predicted molar refractivity (Wildman–Crippen MR) is 133 cm³/mol. The van der Waals surface area contributed by atoms with Crippen LogP contribution in [0.3, 0.4) is 0 Å². The first-order valence-electron chi connectivity index (χ1n) is 11.5. The molecule has 186 valence electrons. The molecule has 36 heavy (non-hydrogen) atoms. The van der Waals surface area contributed by atoms with Crippen molar-refractivity contribution < 1.29 is 18.7 Å². The SMILES string of the molecule is CC(C)(C)OC(=O)CC(c1ccc(F)cc1)c1ccnc(Oc2ccc(Cn3ccnc3N)cc2)n1. The van der Waals surface area contributed by atoms with Crippen LogP contribution in [0.25, 0.3) is 0 Å². The van der Waals surface area contributed by atoms with Crippen LogP contribution in [0, 0.1) is 5.82 Å². The molecule has 2 aromatic heterocycles. The van der Waals surface area contributed by atoms with Gasteiger partial charge in [-0.2, -0.15) is 4.98 Å². The maximum absolute atomic E-state index is 13.5. The lowest BCUT2D eigenvalue weighted by Gasteiger charge is -2.22. The first-order chi connectivity index (χ1) is 17.2. The van der Waals surface area contributed by atoms with E-state index in [1.807, 2.05) is 55.8 Å². The molecular formula is C27H28FN5O3. The molecule has 0 aliphatic carbocycles. The number of aromatic nitrogens is 4. The van der Waals surface area contributed by atoms with Gasteiger partial charge in [0.05, 0.1) is 18.7 Å². The van der Waals surface area contributed by atoms with Crippen LogP contribution in [0.5, 0.6) is 11.8 Å². The molecule has 2 N–H and O–H groups in total. The number of nitrogens with zero attached hydrogens (tertiary/aromatic N) is 4. The number of nitrogen functional groups attached to an aromatic ring is 1. The van der Waals surface area contributed by atoms with Crippen LogP contribution >= 0.6 is 0 Å². The zero-order chi connectivity index (χ0) is 25.7. The molecule has 0 aliphatic rings. The average molecular weight is 490 g/mol. The Bertz CT molecular complexity index is 1310. The van der Waals surface area contributed by atoms with E-state index in [1.165, 1.54) is 12.1 Å². The molecular weight excluding hydrogens is 461 g/mol. The molecule has 4 rings (SSSR count). The third-order valence-electron chi connectivity index (χ3n) is 5.31. The normalized spacial score (nSPS) is 12.2. The summed E-state index contributed by atoms with van der Waals surface area (Å²) in [6.45, 7) is 6.01. The fourth-order valence-corrected chi connectivity index (χ4v) is 3.67. The van der Waals surface area contributed by atoms with Crippen molar-refractivity contribution >= 4 is 11.9 Å². The zero-order valence-corrected chi connectivity index (χ0v) is 20.4. The number of carbonyl (C=O) groups excluding carboxylic acids is 1. The fourth-order valence-electron chi connectivity index (χ4n) is 3.67. The number of imidazole rings is 1. The number of benzene rings is 2. The number of halogens is 1. The standard InChI is InChI=1S/C27H28FN5O3/c1-27(2,3)36-24(34)16-22(19-6-8-20(28)9-7-19)23-12-13-31-26(32-23)35-21-10-4-18(5-11-21)17-33-15-14-30-25(33)29/h4-15,22H,16-17H2,1-3H3,(H2,29,30). The number of ether oxygens (including phenoxy) is 2. The molecule has 0 aliphatic heterocycles. The number of nitrogens with two attached hydrogens (primary N) is 1. The van der Waals surface area contributed by atoms with Gasteiger partial charge in [-0.1, -0.05) is 24.3 Å². The number of esters is 1. The minimum atomic E-state index is -0.625. The first-order valence-corrected chi connectivity index (χ1v) is 11.5. The molecule has 0 saturated carbocycles. The molecule has 0 bridgehead atoms. The minimum absolute atomic E-state index is 0.0332. The Morgan fingerprint density at radius 1 is 1.03 bits per heavy atom. The minimum Gasteiger partial charge on any atom is -0.460 e. The number of carbonyl (C=O) groups is 1. The van der Waals surface area contributed by atoms with E-state index >= 15 is 0 Å². The molecule has 0 fully saturated rings. The quantitative estimate of drug-likeness (QED) is 0.343. The summed E-state index contributed by atoms with van der Waals surface area (Å²) in [7, 11) is 0. The highest BCUT2D eigenvalue weighted by Crippen LogP contribution is 2.30. The van der Waals surface area contributed by atoms with Crippen molar-refractivity contribution in [3.63, 3.8) is 0 Å². The highest BCUT2D eigenvalue weighted by molar-refractivity contribution is 5.71. The van der Waals surface area contributed by atoms with Crippen molar-refractivity contribution in [2.45, 2.75) is 45.3 Å². The summed E-state index contributed by atoms with van der Waals surface area (Å²) in [4.78, 5) is 25.4. The van der Waals surface area contributed by atoms with E-state index in [0.29, 0.717) is 23.9 Å². The highest BCUT2D eigenvalue weighted by Gasteiger charge is 2.24. The van der Waals surface area contributed by atoms with Crippen LogP contribution in [0.15, 0.2) is 73.2 Å². The van der Waals surface area contributed by atoms with Gasteiger partial charge in [0.25, 0.3) is 0 Å². The van der Waals surface area contributed by atoms with E-state index < -0.39 is 11.5 Å². The molecule has 0 amide bonds. The van der Waals surface area contributed by atoms with Crippen molar-refractivity contribution in [2.24, 2.45) is 0 Å². The van der Waals surface area contributed by atoms with Gasteiger partial charge >= 0.3 is 12.0 Å². The van der Waals surface area contributed by atoms with Crippen molar-refractivity contribution in [3.05, 3.63) is 95.8 Å². The van der Waals surface area contributed by atoms with Crippen LogP contribution in [0.2, 0.25) is 0 Å². The number of anilines is 1. The molecule has 0 saturated heterocycles. The zero-order valence-electron chi connectivity index (χ0n) is 20.4. The van der Waals surface area contributed by atoms with Crippen molar-refractivity contribution in [1.29, 1.82) is 0 Å². The van der Waals surface area contributed by atoms with Crippen LogP contribution in [0.1, 0.15) is 49.9 Å². The third-order valence-corrected chi connectivity index (χ3v) is 5.31. The number of hydrogen-bond acceptors (Lipinski definition) is 7. The number of hydrogen-bond donors (Lipinski definition) is 1. The molecule has 1 atom stereocenters. The summed E-state index contributed by atoms with van der Waals surface area (Å²) in [6, 6.07) is 15.3. The first kappa shape index (κ1) is 24.8. The van der Waals surface area contributed by atoms with E-state index in [4.69, 9.17) is 15.2 Å². The Kier molecular flexibility index (Phi) is 7.28. The third kappa shape index (κ3) is 6.65. The van der Waals surface area contributed by atoms with Gasteiger partial charge in [-0.15, -0.1) is 0 Å². The molecule has 2 aromatic carbocycles. The lowest BCUT2D eigenvalue weighted by molar-refractivity contribution is -0.155. The molecule has 2 heterocycles. The summed E-state index contributed by atoms with van der Waals surface area (Å²) < 4.78 is 26.8. The predicted octanol–water partition coefficient (Wildman–Crippen LogP) is 5.10. The molecule has 1 unspecified atom stereocenters. The van der Waals surface area contributed by atoms with Gasteiger partial charge in [-0.05, 0) is 62.2 Å². The lowest BCUT2D eigenvalue weighted by Crippen LogP contribution is -2.25. The van der Waals surface area contributed by atoms with Crippen molar-refractivity contribution in [3.8, 4) is 11.8 Å². The molecule has 9 heteroatoms. The second kappa shape index (κ2) is 10.6. The van der Waals surface area contributed by atoms with Crippen LogP contribution < -0.4 is 10.5 Å². The molecule has 8 nitrogen and oxygen atoms in total. The van der Waals surface area contributed by atoms with Gasteiger partial charge in [0.2, 0.25) is 0 Å². The van der Waals surface area contributed by atoms with Gasteiger partial charge in [0, 0.05) is 24.5 Å². The number of rotatable bonds is 8. The second-order valence-corrected chi connectivity index (χ2v) is 9.32. The van der Waals surface area contributed by atoms with Crippen LogP contribution in [-0.4, -0.2) is 31.1 Å². The largest absolute Gasteiger partial charge is 0.460 e. The summed E-state index contributed by atoms with van der Waals surface area (Å²) in [5.41, 5.74) is 7.52. The Balaban J connectivity index is 1.53. The maximum Gasteiger partial charge on any atom is 0.322 e. The monoisotopic (exact) mass is 489 g/mol. The smallest absolute Gasteiger partial charge is 0.322 e. The Morgan fingerprint density at radius 3 is 2.39 bits per heavy atom. The van der Waals surface area contributed by atoms with Crippen LogP contribution in [0.4, 0.5) is 10.3 Å². The Labute approximate surface area is 208 Å². The van der Waals surface area contributed by atoms with Crippen LogP contribution in [-0.2, 0) is 16.1 Å². The second-order valence-electron chi connectivity index (χ2n) is 9.32. The summed E-state index contributed by atoms with van der Waals surface area (Å²) in [5, 5.41) is 0. The highest BCUT2D eigenvalue weighted by atomic mass is 19.1.